The molecule has 19 heavy (non-hydrogen) atoms. The molecule has 106 valence electrons. The average molecular weight is 259 g/mol. The van der Waals surface area contributed by atoms with Crippen LogP contribution in [0.2, 0.25) is 0 Å². The first-order chi connectivity index (χ1) is 8.99. The first-order valence-electron chi connectivity index (χ1n) is 7.47. The minimum absolute atomic E-state index is 0.581. The Labute approximate surface area is 119 Å². The highest BCUT2D eigenvalue weighted by Crippen LogP contribution is 2.16. The maximum Gasteiger partial charge on any atom is 0.00105 e. The van der Waals surface area contributed by atoms with Crippen molar-refractivity contribution >= 4 is 0 Å². The predicted octanol–water partition coefficient (Wildman–Crippen LogP) is 4.69. The number of hydrogen-bond donors (Lipinski definition) is 1. The van der Waals surface area contributed by atoms with E-state index in [1.54, 1.807) is 0 Å². The molecule has 1 rings (SSSR count). The lowest BCUT2D eigenvalue weighted by molar-refractivity contribution is 0.594. The van der Waals surface area contributed by atoms with Crippen LogP contribution in [0.15, 0.2) is 35.9 Å². The van der Waals surface area contributed by atoms with Crippen molar-refractivity contribution in [3.8, 4) is 0 Å². The Hall–Kier alpha value is -1.08. The molecule has 0 heterocycles. The molecule has 0 atom stereocenters. The lowest BCUT2D eigenvalue weighted by atomic mass is 9.99. The summed E-state index contributed by atoms with van der Waals surface area (Å²) in [5.41, 5.74) is 4.30. The van der Waals surface area contributed by atoms with Crippen LogP contribution >= 0.6 is 0 Å². The van der Waals surface area contributed by atoms with Crippen molar-refractivity contribution in [2.24, 2.45) is 0 Å². The molecule has 0 fully saturated rings. The van der Waals surface area contributed by atoms with E-state index in [9.17, 15) is 0 Å². The van der Waals surface area contributed by atoms with E-state index in [4.69, 9.17) is 0 Å². The molecule has 1 nitrogen and oxygen atoms in total. The maximum atomic E-state index is 3.44. The van der Waals surface area contributed by atoms with Crippen molar-refractivity contribution in [1.82, 2.24) is 5.32 Å². The Morgan fingerprint density at radius 2 is 1.74 bits per heavy atom. The van der Waals surface area contributed by atoms with Crippen LogP contribution in [0.25, 0.3) is 0 Å². The predicted molar refractivity (Wildman–Crippen MR) is 85.7 cm³/mol. The Bertz CT molecular complexity index is 385. The first-order valence-corrected chi connectivity index (χ1v) is 7.47. The second-order valence-corrected chi connectivity index (χ2v) is 6.02. The lowest BCUT2D eigenvalue weighted by Crippen LogP contribution is -2.23. The van der Waals surface area contributed by atoms with Crippen LogP contribution < -0.4 is 5.32 Å². The summed E-state index contributed by atoms with van der Waals surface area (Å²) in [5, 5.41) is 3.44. The molecule has 0 aliphatic heterocycles. The number of benzene rings is 1. The fraction of sp³-hybridized carbons (Fsp3) is 0.556. The fourth-order valence-corrected chi connectivity index (χ4v) is 2.11. The fourth-order valence-electron chi connectivity index (χ4n) is 2.11. The summed E-state index contributed by atoms with van der Waals surface area (Å²) in [7, 11) is 0. The van der Waals surface area contributed by atoms with E-state index in [1.807, 2.05) is 0 Å². The molecule has 0 amide bonds. The lowest BCUT2D eigenvalue weighted by Gasteiger charge is -2.08. The van der Waals surface area contributed by atoms with Crippen LogP contribution in [0.1, 0.15) is 58.1 Å². The molecule has 1 aromatic rings. The van der Waals surface area contributed by atoms with Crippen molar-refractivity contribution in [2.75, 3.05) is 6.54 Å². The summed E-state index contributed by atoms with van der Waals surface area (Å²) in [6, 6.07) is 9.62. The van der Waals surface area contributed by atoms with Gasteiger partial charge in [0.25, 0.3) is 0 Å². The van der Waals surface area contributed by atoms with Gasteiger partial charge < -0.3 is 5.32 Å². The molecule has 0 unspecified atom stereocenters. The first kappa shape index (κ1) is 16.0. The van der Waals surface area contributed by atoms with Crippen molar-refractivity contribution in [3.63, 3.8) is 0 Å². The van der Waals surface area contributed by atoms with E-state index in [0.717, 1.165) is 19.4 Å². The molecule has 0 aromatic heterocycles. The highest BCUT2D eigenvalue weighted by atomic mass is 14.9. The van der Waals surface area contributed by atoms with Crippen LogP contribution in [0.5, 0.6) is 0 Å². The van der Waals surface area contributed by atoms with Gasteiger partial charge in [-0.3, -0.25) is 0 Å². The smallest absolute Gasteiger partial charge is 0.00105 e. The number of nitrogens with one attached hydrogen (secondary N) is 1. The molecule has 0 saturated carbocycles. The highest BCUT2D eigenvalue weighted by molar-refractivity contribution is 5.27. The molecular weight excluding hydrogens is 230 g/mol. The maximum absolute atomic E-state index is 3.44. The molecule has 0 aliphatic rings. The number of hydrogen-bond acceptors (Lipinski definition) is 1. The van der Waals surface area contributed by atoms with Gasteiger partial charge in [0, 0.05) is 6.04 Å². The Kier molecular flexibility index (Phi) is 6.86. The minimum Gasteiger partial charge on any atom is -0.314 e. The molecule has 0 spiro atoms. The van der Waals surface area contributed by atoms with Gasteiger partial charge in [-0.05, 0) is 43.4 Å². The summed E-state index contributed by atoms with van der Waals surface area (Å²) in [6.45, 7) is 12.1. The quantitative estimate of drug-likeness (QED) is 0.553. The molecule has 1 N–H and O–H groups in total. The molecule has 0 bridgehead atoms. The Morgan fingerprint density at radius 3 is 2.26 bits per heavy atom. The Morgan fingerprint density at radius 1 is 1.11 bits per heavy atom. The standard InChI is InChI=1S/C18H29N/c1-14(2)18-10-8-17(9-11-18)13-16(5)7-6-12-19-15(3)4/h7-11,14-15,19H,6,12-13H2,1-5H3. The van der Waals surface area contributed by atoms with Gasteiger partial charge in [0.05, 0.1) is 0 Å². The van der Waals surface area contributed by atoms with Crippen molar-refractivity contribution in [2.45, 2.75) is 59.4 Å². The zero-order valence-corrected chi connectivity index (χ0v) is 13.2. The van der Waals surface area contributed by atoms with Crippen LogP contribution in [-0.4, -0.2) is 12.6 Å². The topological polar surface area (TPSA) is 12.0 Å². The largest absolute Gasteiger partial charge is 0.314 e. The van der Waals surface area contributed by atoms with Crippen LogP contribution in [0.4, 0.5) is 0 Å². The van der Waals surface area contributed by atoms with Crippen molar-refractivity contribution in [1.29, 1.82) is 0 Å². The summed E-state index contributed by atoms with van der Waals surface area (Å²) >= 11 is 0. The van der Waals surface area contributed by atoms with E-state index >= 15 is 0 Å². The third kappa shape index (κ3) is 6.58. The van der Waals surface area contributed by atoms with Gasteiger partial charge in [0.15, 0.2) is 0 Å². The van der Waals surface area contributed by atoms with Gasteiger partial charge in [-0.15, -0.1) is 0 Å². The third-order valence-electron chi connectivity index (χ3n) is 3.32. The summed E-state index contributed by atoms with van der Waals surface area (Å²) in [4.78, 5) is 0. The normalized spacial score (nSPS) is 12.5. The molecule has 0 aliphatic carbocycles. The second-order valence-electron chi connectivity index (χ2n) is 6.02. The zero-order valence-electron chi connectivity index (χ0n) is 13.2. The minimum atomic E-state index is 0.581. The van der Waals surface area contributed by atoms with Crippen LogP contribution in [0.3, 0.4) is 0 Å². The highest BCUT2D eigenvalue weighted by Gasteiger charge is 1.99. The number of rotatable bonds is 7. The molecule has 1 aromatic carbocycles. The van der Waals surface area contributed by atoms with Gasteiger partial charge >= 0.3 is 0 Å². The monoisotopic (exact) mass is 259 g/mol. The van der Waals surface area contributed by atoms with Crippen molar-refractivity contribution < 1.29 is 0 Å². The molecule has 0 saturated heterocycles. The summed E-state index contributed by atoms with van der Waals surface area (Å²) in [6.07, 6.45) is 4.54. The summed E-state index contributed by atoms with van der Waals surface area (Å²) < 4.78 is 0. The van der Waals surface area contributed by atoms with Gasteiger partial charge in [-0.25, -0.2) is 0 Å². The van der Waals surface area contributed by atoms with E-state index in [2.05, 4.69) is 70.3 Å². The second kappa shape index (κ2) is 8.16. The van der Waals surface area contributed by atoms with Gasteiger partial charge in [-0.1, -0.05) is 63.6 Å². The third-order valence-corrected chi connectivity index (χ3v) is 3.32. The SMILES string of the molecule is CC(=CCCNC(C)C)Cc1ccc(C(C)C)cc1. The average Bonchev–Trinajstić information content (AvgIpc) is 2.35. The van der Waals surface area contributed by atoms with E-state index in [-0.39, 0.29) is 0 Å². The van der Waals surface area contributed by atoms with Crippen molar-refractivity contribution in [3.05, 3.63) is 47.0 Å². The van der Waals surface area contributed by atoms with Gasteiger partial charge in [0.2, 0.25) is 0 Å². The molecular formula is C18H29N. The molecule has 1 heteroatoms. The molecule has 0 radical (unpaired) electrons. The summed E-state index contributed by atoms with van der Waals surface area (Å²) in [5.74, 6) is 0.618. The van der Waals surface area contributed by atoms with Gasteiger partial charge in [-0.2, -0.15) is 0 Å². The van der Waals surface area contributed by atoms with Crippen LogP contribution in [-0.2, 0) is 6.42 Å². The van der Waals surface area contributed by atoms with E-state index in [0.29, 0.717) is 12.0 Å². The van der Waals surface area contributed by atoms with Crippen LogP contribution in [0, 0.1) is 0 Å². The van der Waals surface area contributed by atoms with E-state index < -0.39 is 0 Å². The zero-order chi connectivity index (χ0) is 14.3. The van der Waals surface area contributed by atoms with Gasteiger partial charge in [0.1, 0.15) is 0 Å². The van der Waals surface area contributed by atoms with E-state index in [1.165, 1.54) is 16.7 Å². The number of allylic oxidation sites excluding steroid dienone is 1. The Balaban J connectivity index is 2.43.